The second-order valence-corrected chi connectivity index (χ2v) is 0. The van der Waals surface area contributed by atoms with Gasteiger partial charge in [0, 0.05) is 54.6 Å². The van der Waals surface area contributed by atoms with E-state index in [0.29, 0.717) is 0 Å². The van der Waals surface area contributed by atoms with Gasteiger partial charge in [-0.1, -0.05) is 7.43 Å². The number of hydrogen-bond acceptors (Lipinski definition) is 0. The molecule has 0 aromatic carbocycles. The molecule has 0 atom stereocenters. The molecule has 0 unspecified atom stereocenters. The van der Waals surface area contributed by atoms with E-state index in [0.717, 1.165) is 0 Å². The van der Waals surface area contributed by atoms with Crippen molar-refractivity contribution in [3.8, 4) is 0 Å². The molecule has 35 valence electrons. The molecule has 0 spiro atoms. The zero-order valence-corrected chi connectivity index (χ0v) is 5.89. The summed E-state index contributed by atoms with van der Waals surface area (Å²) in [5.74, 6) is 0. The van der Waals surface area contributed by atoms with Gasteiger partial charge >= 0.3 is 0 Å². The zero-order chi connectivity index (χ0) is 0. The van der Waals surface area contributed by atoms with Crippen LogP contribution in [0, 0.1) is 0 Å². The smallest absolute Gasteiger partial charge is 0 e. The molecule has 1 radical (unpaired) electrons. The molecule has 3 heteroatoms. The van der Waals surface area contributed by atoms with Gasteiger partial charge in [0.05, 0.1) is 0 Å². The average Bonchev–Trinajstić information content (AvgIpc) is 0. The predicted molar refractivity (Wildman–Crippen MR) is 6.73 cm³/mol. The van der Waals surface area contributed by atoms with E-state index < -0.39 is 0 Å². The van der Waals surface area contributed by atoms with Gasteiger partial charge in [-0.2, -0.15) is 0 Å². The molecule has 0 N–H and O–H groups in total. The molecule has 0 saturated heterocycles. The van der Waals surface area contributed by atoms with Gasteiger partial charge in [0.2, 0.25) is 0 Å². The first-order valence-electron chi connectivity index (χ1n) is 0. The molecule has 0 aliphatic carbocycles. The summed E-state index contributed by atoms with van der Waals surface area (Å²) in [7, 11) is 0. The Morgan fingerprint density at radius 1 is 1.00 bits per heavy atom. The minimum atomic E-state index is 0. The van der Waals surface area contributed by atoms with E-state index in [4.69, 9.17) is 0 Å². The van der Waals surface area contributed by atoms with Crippen LogP contribution in [0.5, 0.6) is 0 Å². The maximum atomic E-state index is 0. The Hall–Kier alpha value is 1.70. The van der Waals surface area contributed by atoms with Crippen molar-refractivity contribution in [1.82, 2.24) is 0 Å². The molecule has 0 aromatic rings. The Balaban J connectivity index is 0. The maximum absolute atomic E-state index is 0. The largest absolute Gasteiger partial charge is 0.0776 e. The van der Waals surface area contributed by atoms with Crippen molar-refractivity contribution >= 4 is 0 Å². The molecule has 0 fully saturated rings. The van der Waals surface area contributed by atoms with E-state index >= 15 is 0 Å². The van der Waals surface area contributed by atoms with Crippen molar-refractivity contribution in [3.05, 3.63) is 0 Å². The molecular weight excluding hydrogens is 318 g/mol. The minimum absolute atomic E-state index is 0. The molecule has 0 rings (SSSR count). The average molecular weight is 322 g/mol. The topological polar surface area (TPSA) is 0 Å². The van der Waals surface area contributed by atoms with Crippen molar-refractivity contribution < 1.29 is 54.6 Å². The Bertz CT molecular complexity index is 8.00. The first-order chi connectivity index (χ1) is 0. The van der Waals surface area contributed by atoms with Gasteiger partial charge in [0.15, 0.2) is 0 Å². The molecule has 0 amide bonds. The minimum Gasteiger partial charge on any atom is -0.0776 e. The quantitative estimate of drug-likeness (QED) is 0.574. The standard InChI is InChI=1S/CH4.Cu.Ni.W/h1H4;;;. The SMILES string of the molecule is C.[Cu].[Ni].[W]. The summed E-state index contributed by atoms with van der Waals surface area (Å²) in [5.41, 5.74) is 0. The van der Waals surface area contributed by atoms with E-state index in [2.05, 4.69) is 0 Å². The fourth-order valence-electron chi connectivity index (χ4n) is 0. The first kappa shape index (κ1) is 43.5. The molecule has 0 nitrogen and oxygen atoms in total. The molecule has 0 aliphatic rings. The molecule has 0 bridgehead atoms. The Kier molecular flexibility index (Phi) is 242. The van der Waals surface area contributed by atoms with Gasteiger partial charge in [-0.25, -0.2) is 0 Å². The molecule has 4 heavy (non-hydrogen) atoms. The summed E-state index contributed by atoms with van der Waals surface area (Å²) in [4.78, 5) is 0. The van der Waals surface area contributed by atoms with E-state index in [1.807, 2.05) is 0 Å². The van der Waals surface area contributed by atoms with Gasteiger partial charge in [0.25, 0.3) is 0 Å². The molecule has 0 aromatic heterocycles. The van der Waals surface area contributed by atoms with E-state index in [-0.39, 0.29) is 62.1 Å². The Labute approximate surface area is 61.8 Å². The first-order valence-corrected chi connectivity index (χ1v) is 0. The van der Waals surface area contributed by atoms with E-state index in [9.17, 15) is 0 Å². The van der Waals surface area contributed by atoms with Crippen LogP contribution in [-0.2, 0) is 54.6 Å². The van der Waals surface area contributed by atoms with Crippen LogP contribution >= 0.6 is 0 Å². The third-order valence-electron chi connectivity index (χ3n) is 0. The van der Waals surface area contributed by atoms with Crippen LogP contribution < -0.4 is 0 Å². The second kappa shape index (κ2) is 22.3. The van der Waals surface area contributed by atoms with Gasteiger partial charge in [-0.3, -0.25) is 0 Å². The van der Waals surface area contributed by atoms with Crippen LogP contribution in [0.25, 0.3) is 0 Å². The van der Waals surface area contributed by atoms with Gasteiger partial charge in [0.1, 0.15) is 0 Å². The van der Waals surface area contributed by atoms with Gasteiger partial charge in [-0.15, -0.1) is 0 Å². The third kappa shape index (κ3) is 9.33. The molecule has 0 saturated carbocycles. The van der Waals surface area contributed by atoms with Crippen LogP contribution in [0.4, 0.5) is 0 Å². The van der Waals surface area contributed by atoms with Crippen LogP contribution in [0.1, 0.15) is 7.43 Å². The summed E-state index contributed by atoms with van der Waals surface area (Å²) in [6.45, 7) is 0. The van der Waals surface area contributed by atoms with Crippen molar-refractivity contribution in [2.45, 2.75) is 7.43 Å². The van der Waals surface area contributed by atoms with Gasteiger partial charge in [-0.05, 0) is 0 Å². The fraction of sp³-hybridized carbons (Fsp3) is 1.00. The van der Waals surface area contributed by atoms with Crippen LogP contribution in [-0.4, -0.2) is 0 Å². The normalized spacial score (nSPS) is 0. The van der Waals surface area contributed by atoms with Crippen LogP contribution in [0.3, 0.4) is 0 Å². The number of rotatable bonds is 0. The summed E-state index contributed by atoms with van der Waals surface area (Å²) in [5, 5.41) is 0. The summed E-state index contributed by atoms with van der Waals surface area (Å²) in [6.07, 6.45) is 0. The van der Waals surface area contributed by atoms with E-state index in [1.165, 1.54) is 0 Å². The summed E-state index contributed by atoms with van der Waals surface area (Å²) in [6, 6.07) is 0. The number of hydrogen-bond donors (Lipinski definition) is 0. The van der Waals surface area contributed by atoms with Gasteiger partial charge < -0.3 is 0 Å². The zero-order valence-electron chi connectivity index (χ0n) is 1.03. The van der Waals surface area contributed by atoms with Crippen LogP contribution in [0.15, 0.2) is 0 Å². The summed E-state index contributed by atoms with van der Waals surface area (Å²) >= 11 is 0. The molecular formula is CH4CuNiW. The van der Waals surface area contributed by atoms with Crippen molar-refractivity contribution in [3.63, 3.8) is 0 Å². The Morgan fingerprint density at radius 3 is 1.00 bits per heavy atom. The third-order valence-corrected chi connectivity index (χ3v) is 0. The van der Waals surface area contributed by atoms with Crippen molar-refractivity contribution in [1.29, 1.82) is 0 Å². The fourth-order valence-corrected chi connectivity index (χ4v) is 0. The van der Waals surface area contributed by atoms with Crippen molar-refractivity contribution in [2.24, 2.45) is 0 Å². The Morgan fingerprint density at radius 2 is 1.00 bits per heavy atom. The molecule has 0 heterocycles. The second-order valence-electron chi connectivity index (χ2n) is 0. The monoisotopic (exact) mass is 321 g/mol. The maximum Gasteiger partial charge on any atom is 0 e. The summed E-state index contributed by atoms with van der Waals surface area (Å²) < 4.78 is 0. The predicted octanol–water partition coefficient (Wildman–Crippen LogP) is 0.629. The van der Waals surface area contributed by atoms with E-state index in [1.54, 1.807) is 0 Å². The van der Waals surface area contributed by atoms with Crippen LogP contribution in [0.2, 0.25) is 0 Å². The molecule has 0 aliphatic heterocycles. The van der Waals surface area contributed by atoms with Crippen molar-refractivity contribution in [2.75, 3.05) is 0 Å².